The average Bonchev–Trinajstić information content (AvgIpc) is 3.14. The Bertz CT molecular complexity index is 1470. The van der Waals surface area contributed by atoms with Crippen LogP contribution in [0.4, 0.5) is 0 Å². The summed E-state index contributed by atoms with van der Waals surface area (Å²) >= 11 is 0. The maximum Gasteiger partial charge on any atom is 0.276 e. The van der Waals surface area contributed by atoms with E-state index in [4.69, 9.17) is 4.74 Å². The van der Waals surface area contributed by atoms with Gasteiger partial charge in [0.1, 0.15) is 11.8 Å². The summed E-state index contributed by atoms with van der Waals surface area (Å²) in [6.07, 6.45) is 1.37. The Morgan fingerprint density at radius 1 is 1.23 bits per heavy atom. The van der Waals surface area contributed by atoms with Crippen molar-refractivity contribution in [3.8, 4) is 11.8 Å². The van der Waals surface area contributed by atoms with E-state index in [1.165, 1.54) is 10.6 Å². The van der Waals surface area contributed by atoms with Crippen LogP contribution in [-0.2, 0) is 4.79 Å². The Kier molecular flexibility index (Phi) is 5.24. The second-order valence-corrected chi connectivity index (χ2v) is 7.03. The number of aromatic nitrogens is 2. The number of nitrogens with one attached hydrogen (secondary N) is 2. The van der Waals surface area contributed by atoms with Crippen LogP contribution in [0, 0.1) is 25.2 Å². The molecule has 0 radical (unpaired) electrons. The number of benzene rings is 2. The minimum Gasteiger partial charge on any atom is -0.484 e. The fourth-order valence-electron chi connectivity index (χ4n) is 3.37. The summed E-state index contributed by atoms with van der Waals surface area (Å²) in [5.41, 5.74) is 8.15. The van der Waals surface area contributed by atoms with Gasteiger partial charge in [0, 0.05) is 6.20 Å². The largest absolute Gasteiger partial charge is 0.484 e. The molecule has 2 aromatic heterocycles. The Hall–Kier alpha value is -4.38. The molecule has 31 heavy (non-hydrogen) atoms. The molecule has 8 nitrogen and oxygen atoms in total. The van der Waals surface area contributed by atoms with E-state index in [1.807, 2.05) is 31.2 Å². The molecule has 0 saturated heterocycles. The third-order valence-corrected chi connectivity index (χ3v) is 4.90. The standard InChI is InChI=1S/C23H19N5O3/c1-14-6-5-7-16(10-14)31-13-21(29)27-25-12-18-15(2)17(11-24)22-26-19-8-3-4-9-20(19)28(22)23(18)30/h3-10,12,25H,13H2,1-2H3,(H,27,29). The van der Waals surface area contributed by atoms with Crippen molar-refractivity contribution in [2.45, 2.75) is 13.8 Å². The first-order valence-electron chi connectivity index (χ1n) is 9.57. The lowest BCUT2D eigenvalue weighted by Crippen LogP contribution is -2.41. The SMILES string of the molecule is Cc1cccc(OCC(=O)NNC=c2c(C)c(C#N)c3nc4ccccc4n3c2=O)c1. The molecule has 0 aliphatic heterocycles. The number of ether oxygens (including phenoxy) is 1. The second-order valence-electron chi connectivity index (χ2n) is 7.03. The molecule has 0 saturated carbocycles. The van der Waals surface area contributed by atoms with Crippen molar-refractivity contribution in [2.75, 3.05) is 6.61 Å². The molecule has 0 aliphatic rings. The molecule has 2 heterocycles. The molecule has 0 spiro atoms. The van der Waals surface area contributed by atoms with E-state index in [1.54, 1.807) is 31.2 Å². The van der Waals surface area contributed by atoms with E-state index in [-0.39, 0.29) is 17.4 Å². The van der Waals surface area contributed by atoms with Crippen LogP contribution < -0.4 is 26.4 Å². The quantitative estimate of drug-likeness (QED) is 0.480. The third kappa shape index (κ3) is 3.76. The number of aryl methyl sites for hydroxylation is 1. The minimum atomic E-state index is -0.419. The maximum atomic E-state index is 13.1. The first-order chi connectivity index (χ1) is 15.0. The van der Waals surface area contributed by atoms with E-state index in [0.717, 1.165) is 5.56 Å². The first-order valence-corrected chi connectivity index (χ1v) is 9.57. The van der Waals surface area contributed by atoms with Gasteiger partial charge in [0.25, 0.3) is 11.5 Å². The molecule has 2 N–H and O–H groups in total. The number of rotatable bonds is 5. The van der Waals surface area contributed by atoms with E-state index in [2.05, 4.69) is 21.9 Å². The predicted octanol–water partition coefficient (Wildman–Crippen LogP) is 1.49. The lowest BCUT2D eigenvalue weighted by Gasteiger charge is -2.08. The van der Waals surface area contributed by atoms with E-state index < -0.39 is 5.91 Å². The normalized spacial score (nSPS) is 11.5. The fraction of sp³-hybridized carbons (Fsp3) is 0.130. The third-order valence-electron chi connectivity index (χ3n) is 4.90. The van der Waals surface area contributed by atoms with Gasteiger partial charge >= 0.3 is 0 Å². The highest BCUT2D eigenvalue weighted by atomic mass is 16.5. The van der Waals surface area contributed by atoms with Crippen LogP contribution in [0.25, 0.3) is 22.9 Å². The van der Waals surface area contributed by atoms with Crippen LogP contribution in [0.15, 0.2) is 53.3 Å². The zero-order valence-electron chi connectivity index (χ0n) is 17.0. The summed E-state index contributed by atoms with van der Waals surface area (Å²) in [5, 5.41) is 9.90. The van der Waals surface area contributed by atoms with Gasteiger partial charge in [-0.25, -0.2) is 4.98 Å². The number of hydrazine groups is 1. The Labute approximate surface area is 177 Å². The number of carbonyl (C=O) groups excluding carboxylic acids is 1. The van der Waals surface area contributed by atoms with Gasteiger partial charge in [0.05, 0.1) is 21.8 Å². The fourth-order valence-corrected chi connectivity index (χ4v) is 3.37. The lowest BCUT2D eigenvalue weighted by molar-refractivity contribution is -0.123. The van der Waals surface area contributed by atoms with E-state index >= 15 is 0 Å². The van der Waals surface area contributed by atoms with Crippen molar-refractivity contribution >= 4 is 28.8 Å². The highest BCUT2D eigenvalue weighted by Gasteiger charge is 2.15. The summed E-state index contributed by atoms with van der Waals surface area (Å²) in [6, 6.07) is 16.7. The molecule has 2 aromatic carbocycles. The Morgan fingerprint density at radius 3 is 2.81 bits per heavy atom. The summed E-state index contributed by atoms with van der Waals surface area (Å²) in [6.45, 7) is 3.42. The zero-order valence-corrected chi connectivity index (χ0v) is 17.0. The van der Waals surface area contributed by atoms with Crippen LogP contribution in [-0.4, -0.2) is 21.9 Å². The average molecular weight is 413 g/mol. The number of carbonyl (C=O) groups is 1. The molecule has 0 unspecified atom stereocenters. The number of hydrogen-bond acceptors (Lipinski definition) is 6. The van der Waals surface area contributed by atoms with Crippen LogP contribution in [0.2, 0.25) is 0 Å². The molecule has 4 aromatic rings. The van der Waals surface area contributed by atoms with Crippen molar-refractivity contribution in [1.29, 1.82) is 5.26 Å². The maximum absolute atomic E-state index is 13.1. The highest BCUT2D eigenvalue weighted by Crippen LogP contribution is 2.17. The van der Waals surface area contributed by atoms with E-state index in [9.17, 15) is 14.9 Å². The number of hydrogen-bond donors (Lipinski definition) is 2. The molecular formula is C23H19N5O3. The molecule has 1 amide bonds. The summed E-state index contributed by atoms with van der Waals surface area (Å²) in [7, 11) is 0. The Morgan fingerprint density at radius 2 is 2.03 bits per heavy atom. The number of amides is 1. The molecule has 4 rings (SSSR count). The van der Waals surface area contributed by atoms with Crippen molar-refractivity contribution in [3.05, 3.63) is 80.8 Å². The zero-order chi connectivity index (χ0) is 22.0. The first kappa shape index (κ1) is 19.9. The number of para-hydroxylation sites is 2. The Balaban J connectivity index is 1.60. The van der Waals surface area contributed by atoms with Crippen molar-refractivity contribution in [2.24, 2.45) is 0 Å². The second kappa shape index (κ2) is 8.16. The molecule has 0 aliphatic carbocycles. The number of imidazole rings is 1. The number of pyridine rings is 1. The molecule has 0 fully saturated rings. The van der Waals surface area contributed by atoms with Gasteiger partial charge < -0.3 is 10.2 Å². The van der Waals surface area contributed by atoms with Crippen LogP contribution in [0.3, 0.4) is 0 Å². The number of nitrogens with zero attached hydrogens (tertiary/aromatic N) is 3. The van der Waals surface area contributed by atoms with Crippen molar-refractivity contribution in [1.82, 2.24) is 20.2 Å². The van der Waals surface area contributed by atoms with Gasteiger partial charge in [0.2, 0.25) is 0 Å². The minimum absolute atomic E-state index is 0.192. The molecular weight excluding hydrogens is 394 g/mol. The highest BCUT2D eigenvalue weighted by molar-refractivity contribution is 5.82. The van der Waals surface area contributed by atoms with Crippen molar-refractivity contribution in [3.63, 3.8) is 0 Å². The summed E-state index contributed by atoms with van der Waals surface area (Å²) in [4.78, 5) is 29.6. The molecule has 0 atom stereocenters. The van der Waals surface area contributed by atoms with E-state index in [0.29, 0.717) is 33.6 Å². The van der Waals surface area contributed by atoms with Crippen LogP contribution in [0.1, 0.15) is 16.7 Å². The molecule has 154 valence electrons. The lowest BCUT2D eigenvalue weighted by atomic mass is 10.1. The van der Waals surface area contributed by atoms with Gasteiger partial charge in [-0.1, -0.05) is 24.3 Å². The van der Waals surface area contributed by atoms with Gasteiger partial charge in [0.15, 0.2) is 12.3 Å². The number of nitriles is 1. The monoisotopic (exact) mass is 413 g/mol. The summed E-state index contributed by atoms with van der Waals surface area (Å²) in [5.74, 6) is 0.172. The van der Waals surface area contributed by atoms with Crippen LogP contribution in [0.5, 0.6) is 5.75 Å². The van der Waals surface area contributed by atoms with Gasteiger partial charge in [-0.15, -0.1) is 0 Å². The summed E-state index contributed by atoms with van der Waals surface area (Å²) < 4.78 is 6.86. The van der Waals surface area contributed by atoms with Crippen LogP contribution >= 0.6 is 0 Å². The van der Waals surface area contributed by atoms with Crippen molar-refractivity contribution < 1.29 is 9.53 Å². The van der Waals surface area contributed by atoms with Gasteiger partial charge in [-0.3, -0.25) is 19.4 Å². The predicted molar refractivity (Wildman–Crippen MR) is 116 cm³/mol. The molecule has 8 heteroatoms. The smallest absolute Gasteiger partial charge is 0.276 e. The van der Waals surface area contributed by atoms with Gasteiger partial charge in [-0.05, 0) is 49.2 Å². The molecule has 0 bridgehead atoms. The number of fused-ring (bicyclic) bond motifs is 3. The topological polar surface area (TPSA) is 109 Å². The van der Waals surface area contributed by atoms with Gasteiger partial charge in [-0.2, -0.15) is 5.26 Å².